The second kappa shape index (κ2) is 8.13. The number of alkyl halides is 4. The number of hydrogen-bond acceptors (Lipinski definition) is 6. The van der Waals surface area contributed by atoms with Gasteiger partial charge >= 0.3 is 12.5 Å². The normalized spacial score (nSPS) is 12.0. The number of nitro benzene ring substituents is 2. The summed E-state index contributed by atoms with van der Waals surface area (Å²) in [6, 6.07) is 6.56. The van der Waals surface area contributed by atoms with Crippen molar-refractivity contribution < 1.29 is 32.1 Å². The number of rotatable bonds is 7. The molecule has 0 fully saturated rings. The lowest BCUT2D eigenvalue weighted by molar-refractivity contribution is -0.392. The van der Waals surface area contributed by atoms with Crippen molar-refractivity contribution in [1.29, 1.82) is 0 Å². The van der Waals surface area contributed by atoms with E-state index in [-0.39, 0.29) is 5.69 Å². The molecule has 0 heterocycles. The van der Waals surface area contributed by atoms with Gasteiger partial charge in [-0.15, -0.1) is 0 Å². The van der Waals surface area contributed by atoms with E-state index in [9.17, 15) is 37.8 Å². The van der Waals surface area contributed by atoms with E-state index >= 15 is 0 Å². The van der Waals surface area contributed by atoms with Gasteiger partial charge in [0.05, 0.1) is 9.85 Å². The van der Waals surface area contributed by atoms with E-state index in [1.807, 2.05) is 0 Å². The van der Waals surface area contributed by atoms with Crippen LogP contribution in [-0.4, -0.2) is 22.4 Å². The number of nitro groups is 2. The van der Waals surface area contributed by atoms with Crippen LogP contribution in [0.5, 0.6) is 5.75 Å². The summed E-state index contributed by atoms with van der Waals surface area (Å²) >= 11 is 0. The average Bonchev–Trinajstić information content (AvgIpc) is 2.60. The van der Waals surface area contributed by atoms with Gasteiger partial charge in [0.25, 0.3) is 11.4 Å². The lowest BCUT2D eigenvalue weighted by Gasteiger charge is -2.20. The Bertz CT molecular complexity index is 942. The number of ether oxygens (including phenoxy) is 1. The molecule has 0 spiro atoms. The highest BCUT2D eigenvalue weighted by atomic mass is 19.3. The van der Waals surface area contributed by atoms with Gasteiger partial charge < -0.3 is 10.1 Å². The molecule has 0 saturated carbocycles. The van der Waals surface area contributed by atoms with Crippen molar-refractivity contribution >= 4 is 22.7 Å². The van der Waals surface area contributed by atoms with Crippen molar-refractivity contribution in [2.24, 2.45) is 0 Å². The molecule has 2 aromatic rings. The van der Waals surface area contributed by atoms with E-state index in [4.69, 9.17) is 0 Å². The number of halogens is 4. The Morgan fingerprint density at radius 2 is 1.53 bits per heavy atom. The van der Waals surface area contributed by atoms with E-state index in [1.165, 1.54) is 18.2 Å². The molecule has 0 saturated heterocycles. The van der Waals surface area contributed by atoms with Gasteiger partial charge in [-0.05, 0) is 23.1 Å². The molecule has 0 amide bonds. The number of nitrogens with one attached hydrogen (secondary N) is 1. The Kier molecular flexibility index (Phi) is 6.19. The molecule has 30 heavy (non-hydrogen) atoms. The first-order chi connectivity index (χ1) is 13.7. The molecule has 1 N–H and O–H groups in total. The molecule has 0 aliphatic carbocycles. The lowest BCUT2D eigenvalue weighted by atomic mass is 9.86. The third-order valence-electron chi connectivity index (χ3n) is 3.97. The minimum atomic E-state index is -4.76. The second-order valence-corrected chi connectivity index (χ2v) is 7.27. The van der Waals surface area contributed by atoms with Gasteiger partial charge in [-0.2, -0.15) is 17.6 Å². The smallest absolute Gasteiger partial charge is 0.428 e. The first kappa shape index (κ1) is 22.8. The molecule has 0 unspecified atom stereocenters. The highest BCUT2D eigenvalue weighted by molar-refractivity contribution is 5.80. The lowest BCUT2D eigenvalue weighted by Crippen LogP contribution is -2.33. The number of anilines is 2. The van der Waals surface area contributed by atoms with Crippen LogP contribution in [0, 0.1) is 20.2 Å². The first-order valence-electron chi connectivity index (χ1n) is 8.41. The van der Waals surface area contributed by atoms with Crippen molar-refractivity contribution in [3.8, 4) is 5.75 Å². The Morgan fingerprint density at radius 3 is 1.97 bits per heavy atom. The Labute approximate surface area is 167 Å². The molecule has 0 atom stereocenters. The molecule has 0 radical (unpaired) electrons. The molecular weight excluding hydrogens is 414 g/mol. The summed E-state index contributed by atoms with van der Waals surface area (Å²) in [6.07, 6.45) is -8.84. The van der Waals surface area contributed by atoms with Crippen LogP contribution in [-0.2, 0) is 5.41 Å². The van der Waals surface area contributed by atoms with Gasteiger partial charge in [-0.1, -0.05) is 26.8 Å². The number of nitrogens with zero attached hydrogens (tertiary/aromatic N) is 2. The SMILES string of the molecule is CC(C)(C)c1cc([N+](=O)[O-])c(Nc2cccc(OC(F)(F)C(F)F)c2)c([N+](=O)[O-])c1. The number of hydrogen-bond donors (Lipinski definition) is 1. The van der Waals surface area contributed by atoms with Gasteiger partial charge in [0.15, 0.2) is 5.69 Å². The van der Waals surface area contributed by atoms with Gasteiger partial charge in [0.1, 0.15) is 5.75 Å². The second-order valence-electron chi connectivity index (χ2n) is 7.27. The molecule has 0 aliphatic rings. The van der Waals surface area contributed by atoms with Crippen LogP contribution in [0.15, 0.2) is 36.4 Å². The highest BCUT2D eigenvalue weighted by Crippen LogP contribution is 2.41. The first-order valence-corrected chi connectivity index (χ1v) is 8.41. The quantitative estimate of drug-likeness (QED) is 0.338. The van der Waals surface area contributed by atoms with Crippen LogP contribution in [0.1, 0.15) is 26.3 Å². The van der Waals surface area contributed by atoms with Gasteiger partial charge in [0.2, 0.25) is 0 Å². The predicted octanol–water partition coefficient (Wildman–Crippen LogP) is 5.78. The van der Waals surface area contributed by atoms with Crippen molar-refractivity contribution in [3.05, 3.63) is 62.2 Å². The standard InChI is InChI=1S/C18H17F4N3O5/c1-17(2,3)10-7-13(24(26)27)15(14(8-10)25(28)29)23-11-5-4-6-12(9-11)30-18(21,22)16(19)20/h4-9,16,23H,1-3H3. The summed E-state index contributed by atoms with van der Waals surface area (Å²) in [5.74, 6) is -0.665. The molecule has 0 aromatic heterocycles. The van der Waals surface area contributed by atoms with Gasteiger partial charge in [-0.3, -0.25) is 20.2 Å². The molecule has 0 bridgehead atoms. The van der Waals surface area contributed by atoms with Crippen LogP contribution >= 0.6 is 0 Å². The van der Waals surface area contributed by atoms with E-state index < -0.39 is 50.6 Å². The monoisotopic (exact) mass is 431 g/mol. The van der Waals surface area contributed by atoms with Gasteiger partial charge in [-0.25, -0.2) is 0 Å². The van der Waals surface area contributed by atoms with Crippen molar-refractivity contribution in [2.45, 2.75) is 38.7 Å². The molecular formula is C18H17F4N3O5. The summed E-state index contributed by atoms with van der Waals surface area (Å²) < 4.78 is 54.8. The molecule has 2 rings (SSSR count). The minimum absolute atomic E-state index is 0.118. The fourth-order valence-electron chi connectivity index (χ4n) is 2.44. The molecule has 162 valence electrons. The molecule has 12 heteroatoms. The third kappa shape index (κ3) is 5.13. The average molecular weight is 431 g/mol. The Morgan fingerprint density at radius 1 is 1.00 bits per heavy atom. The Hall–Kier alpha value is -3.44. The number of benzene rings is 2. The van der Waals surface area contributed by atoms with Crippen LogP contribution in [0.4, 0.5) is 40.3 Å². The van der Waals surface area contributed by atoms with Crippen LogP contribution < -0.4 is 10.1 Å². The molecule has 2 aromatic carbocycles. The molecule has 8 nitrogen and oxygen atoms in total. The van der Waals surface area contributed by atoms with Crippen LogP contribution in [0.3, 0.4) is 0 Å². The maximum Gasteiger partial charge on any atom is 0.461 e. The fourth-order valence-corrected chi connectivity index (χ4v) is 2.44. The topological polar surface area (TPSA) is 108 Å². The largest absolute Gasteiger partial charge is 0.461 e. The summed E-state index contributed by atoms with van der Waals surface area (Å²) in [6.45, 7) is 5.15. The predicted molar refractivity (Wildman–Crippen MR) is 99.8 cm³/mol. The zero-order valence-corrected chi connectivity index (χ0v) is 16.0. The minimum Gasteiger partial charge on any atom is -0.428 e. The van der Waals surface area contributed by atoms with Gasteiger partial charge in [0, 0.05) is 23.9 Å². The van der Waals surface area contributed by atoms with E-state index in [0.717, 1.165) is 18.2 Å². The zero-order chi connectivity index (χ0) is 22.9. The maximum absolute atomic E-state index is 13.1. The van der Waals surface area contributed by atoms with E-state index in [0.29, 0.717) is 5.56 Å². The third-order valence-corrected chi connectivity index (χ3v) is 3.97. The zero-order valence-electron chi connectivity index (χ0n) is 16.0. The summed E-state index contributed by atoms with van der Waals surface area (Å²) in [5.41, 5.74) is -2.14. The van der Waals surface area contributed by atoms with E-state index in [1.54, 1.807) is 20.8 Å². The summed E-state index contributed by atoms with van der Waals surface area (Å²) in [5, 5.41) is 25.5. The maximum atomic E-state index is 13.1. The summed E-state index contributed by atoms with van der Waals surface area (Å²) in [4.78, 5) is 21.4. The van der Waals surface area contributed by atoms with E-state index in [2.05, 4.69) is 10.1 Å². The van der Waals surface area contributed by atoms with Crippen molar-refractivity contribution in [1.82, 2.24) is 0 Å². The highest BCUT2D eigenvalue weighted by Gasteiger charge is 2.44. The van der Waals surface area contributed by atoms with Crippen LogP contribution in [0.2, 0.25) is 0 Å². The molecule has 0 aliphatic heterocycles. The van der Waals surface area contributed by atoms with Crippen molar-refractivity contribution in [3.63, 3.8) is 0 Å². The van der Waals surface area contributed by atoms with Crippen molar-refractivity contribution in [2.75, 3.05) is 5.32 Å². The Balaban J connectivity index is 2.54. The fraction of sp³-hybridized carbons (Fsp3) is 0.333. The summed E-state index contributed by atoms with van der Waals surface area (Å²) in [7, 11) is 0. The van der Waals surface area contributed by atoms with Crippen LogP contribution in [0.25, 0.3) is 0 Å².